The molecule has 0 spiro atoms. The number of rotatable bonds is 3. The number of benzene rings is 5. The zero-order valence-electron chi connectivity index (χ0n) is 23.1. The van der Waals surface area contributed by atoms with E-state index in [1.807, 2.05) is 59.2 Å². The summed E-state index contributed by atoms with van der Waals surface area (Å²) in [6, 6.07) is 34.6. The maximum atomic E-state index is 15.0. The lowest BCUT2D eigenvalue weighted by Crippen LogP contribution is -2.31. The van der Waals surface area contributed by atoms with E-state index in [1.165, 1.54) is 21.7 Å². The van der Waals surface area contributed by atoms with Crippen LogP contribution in [0.3, 0.4) is 0 Å². The summed E-state index contributed by atoms with van der Waals surface area (Å²) in [5, 5.41) is 5.33. The van der Waals surface area contributed by atoms with Gasteiger partial charge in [0.05, 0.1) is 5.69 Å². The summed E-state index contributed by atoms with van der Waals surface area (Å²) in [6.45, 7) is 0.528. The molecule has 1 unspecified atom stereocenters. The highest BCUT2D eigenvalue weighted by Crippen LogP contribution is 2.43. The summed E-state index contributed by atoms with van der Waals surface area (Å²) in [4.78, 5) is 29.0. The van der Waals surface area contributed by atoms with E-state index in [0.29, 0.717) is 28.4 Å². The Morgan fingerprint density at radius 1 is 0.738 bits per heavy atom. The highest BCUT2D eigenvalue weighted by molar-refractivity contribution is 6.31. The topological polar surface area (TPSA) is 39.1 Å². The number of halogens is 1. The Hall–Kier alpha value is -4.47. The Bertz CT molecular complexity index is 2130. The Labute approximate surface area is 249 Å². The molecule has 42 heavy (non-hydrogen) atoms. The molecule has 0 saturated carbocycles. The van der Waals surface area contributed by atoms with Gasteiger partial charge in [-0.3, -0.25) is 9.59 Å². The molecule has 1 aliphatic heterocycles. The third kappa shape index (κ3) is 3.88. The second kappa shape index (κ2) is 9.82. The molecule has 3 nitrogen and oxygen atoms in total. The first-order chi connectivity index (χ1) is 20.6. The molecule has 0 radical (unpaired) electrons. The third-order valence-electron chi connectivity index (χ3n) is 9.23. The molecular weight excluding hydrogens is 538 g/mol. The first kappa shape index (κ1) is 25.3. The molecule has 4 heteroatoms. The van der Waals surface area contributed by atoms with Crippen LogP contribution < -0.4 is 5.56 Å². The van der Waals surface area contributed by atoms with Crippen molar-refractivity contribution in [3.05, 3.63) is 141 Å². The average molecular weight is 566 g/mol. The third-order valence-corrected chi connectivity index (χ3v) is 9.47. The Morgan fingerprint density at radius 3 is 2.40 bits per heavy atom. The van der Waals surface area contributed by atoms with Crippen molar-refractivity contribution in [1.82, 2.24) is 4.57 Å². The molecule has 1 aromatic heterocycles. The van der Waals surface area contributed by atoms with Crippen LogP contribution in [0, 0.1) is 0 Å². The van der Waals surface area contributed by atoms with Gasteiger partial charge in [0.25, 0.3) is 5.56 Å². The Morgan fingerprint density at radius 2 is 1.52 bits per heavy atom. The second-order valence-electron chi connectivity index (χ2n) is 11.5. The summed E-state index contributed by atoms with van der Waals surface area (Å²) in [7, 11) is 0. The number of aryl methyl sites for hydroxylation is 2. The van der Waals surface area contributed by atoms with E-state index in [0.717, 1.165) is 53.3 Å². The van der Waals surface area contributed by atoms with Gasteiger partial charge in [-0.25, -0.2) is 0 Å². The van der Waals surface area contributed by atoms with E-state index in [-0.39, 0.29) is 17.3 Å². The average Bonchev–Trinajstić information content (AvgIpc) is 3.04. The van der Waals surface area contributed by atoms with Crippen LogP contribution >= 0.6 is 11.6 Å². The van der Waals surface area contributed by atoms with Gasteiger partial charge in [0.2, 0.25) is 0 Å². The van der Waals surface area contributed by atoms with Crippen LogP contribution in [-0.4, -0.2) is 10.4 Å². The van der Waals surface area contributed by atoms with Gasteiger partial charge in [-0.15, -0.1) is 0 Å². The number of aromatic nitrogens is 1. The van der Waals surface area contributed by atoms with Gasteiger partial charge in [-0.2, -0.15) is 0 Å². The first-order valence-electron chi connectivity index (χ1n) is 14.7. The van der Waals surface area contributed by atoms with E-state index in [1.54, 1.807) is 0 Å². The van der Waals surface area contributed by atoms with Crippen LogP contribution in [-0.2, 0) is 19.4 Å². The van der Waals surface area contributed by atoms with Crippen molar-refractivity contribution in [1.29, 1.82) is 0 Å². The summed E-state index contributed by atoms with van der Waals surface area (Å²) in [6.07, 6.45) is 3.40. The minimum Gasteiger partial charge on any atom is -0.307 e. The molecule has 8 rings (SSSR count). The van der Waals surface area contributed by atoms with Crippen LogP contribution in [0.5, 0.6) is 0 Å². The number of carbonyl (C=O) groups excluding carboxylic acids is 1. The lowest BCUT2D eigenvalue weighted by Gasteiger charge is -2.30. The number of ketones is 1. The molecule has 204 valence electrons. The Kier molecular flexibility index (Phi) is 5.90. The Balaban J connectivity index is 1.39. The maximum absolute atomic E-state index is 15.0. The smallest absolute Gasteiger partial charge is 0.258 e. The molecule has 1 atom stereocenters. The highest BCUT2D eigenvalue weighted by Gasteiger charge is 2.34. The quantitative estimate of drug-likeness (QED) is 0.159. The van der Waals surface area contributed by atoms with E-state index in [9.17, 15) is 9.59 Å². The fourth-order valence-electron chi connectivity index (χ4n) is 7.28. The molecular formula is C38H28ClNO2. The van der Waals surface area contributed by atoms with Crippen molar-refractivity contribution in [2.45, 2.75) is 38.1 Å². The van der Waals surface area contributed by atoms with Gasteiger partial charge < -0.3 is 4.57 Å². The van der Waals surface area contributed by atoms with Crippen LogP contribution in [0.15, 0.2) is 108 Å². The van der Waals surface area contributed by atoms with Crippen LogP contribution in [0.4, 0.5) is 0 Å². The number of carbonyl (C=O) groups is 1. The highest BCUT2D eigenvalue weighted by atomic mass is 35.5. The number of Topliss-reactive ketones (excluding diaryl/α,β-unsaturated/α-hetero) is 1. The number of fused-ring (bicyclic) bond motifs is 8. The van der Waals surface area contributed by atoms with Crippen molar-refractivity contribution in [2.75, 3.05) is 0 Å². The molecule has 0 amide bonds. The molecule has 0 saturated heterocycles. The molecule has 2 heterocycles. The van der Waals surface area contributed by atoms with Crippen LogP contribution in [0.25, 0.3) is 43.9 Å². The predicted molar refractivity (Wildman–Crippen MR) is 172 cm³/mol. The van der Waals surface area contributed by atoms with Gasteiger partial charge in [0, 0.05) is 34.2 Å². The van der Waals surface area contributed by atoms with Gasteiger partial charge >= 0.3 is 0 Å². The molecule has 1 aliphatic carbocycles. The molecule has 5 aromatic carbocycles. The standard InChI is InChI=1S/C38H28ClNO2/c39-27-16-13-25-19-20-40-36(32(25)21-27)34(22-33(38(40)42)23-7-2-1-3-8-23)37(41)31-12-6-10-26-15-17-29-28-11-5-4-9-24(28)14-18-30(29)35(26)31/h1-5,7-9,11,13-18,21-22,31H,6,10,12,19-20H2. The number of pyridine rings is 1. The van der Waals surface area contributed by atoms with E-state index >= 15 is 0 Å². The fourth-order valence-corrected chi connectivity index (χ4v) is 7.45. The maximum Gasteiger partial charge on any atom is 0.258 e. The van der Waals surface area contributed by atoms with Gasteiger partial charge in [0.1, 0.15) is 0 Å². The zero-order valence-corrected chi connectivity index (χ0v) is 23.8. The lowest BCUT2D eigenvalue weighted by atomic mass is 9.75. The van der Waals surface area contributed by atoms with Gasteiger partial charge in [-0.1, -0.05) is 96.5 Å². The van der Waals surface area contributed by atoms with E-state index in [2.05, 4.69) is 48.5 Å². The van der Waals surface area contributed by atoms with Crippen LogP contribution in [0.1, 0.15) is 45.8 Å². The van der Waals surface area contributed by atoms with Gasteiger partial charge in [-0.05, 0) is 87.7 Å². The molecule has 0 fully saturated rings. The summed E-state index contributed by atoms with van der Waals surface area (Å²) in [5.41, 5.74) is 7.00. The number of nitrogens with zero attached hydrogens (tertiary/aromatic N) is 1. The SMILES string of the molecule is O=C(c1cc(-c2ccccc2)c(=O)n2c1-c1cc(Cl)ccc1CC2)C1CCCc2ccc3c(ccc4ccccc43)c21. The molecule has 2 aliphatic rings. The van der Waals surface area contributed by atoms with Crippen molar-refractivity contribution >= 4 is 38.9 Å². The molecule has 0 bridgehead atoms. The molecule has 0 N–H and O–H groups in total. The van der Waals surface area contributed by atoms with Gasteiger partial charge in [0.15, 0.2) is 5.78 Å². The zero-order chi connectivity index (χ0) is 28.4. The normalized spacial score (nSPS) is 15.7. The summed E-state index contributed by atoms with van der Waals surface area (Å²) >= 11 is 6.50. The van der Waals surface area contributed by atoms with Crippen molar-refractivity contribution in [2.24, 2.45) is 0 Å². The van der Waals surface area contributed by atoms with E-state index < -0.39 is 0 Å². The fraction of sp³-hybridized carbons (Fsp3) is 0.158. The first-order valence-corrected chi connectivity index (χ1v) is 15.1. The number of hydrogen-bond acceptors (Lipinski definition) is 2. The second-order valence-corrected chi connectivity index (χ2v) is 12.0. The van der Waals surface area contributed by atoms with Crippen molar-refractivity contribution < 1.29 is 4.79 Å². The lowest BCUT2D eigenvalue weighted by molar-refractivity contribution is 0.0951. The van der Waals surface area contributed by atoms with Crippen molar-refractivity contribution in [3.8, 4) is 22.4 Å². The predicted octanol–water partition coefficient (Wildman–Crippen LogP) is 9.00. The summed E-state index contributed by atoms with van der Waals surface area (Å²) < 4.78 is 1.81. The minimum atomic E-state index is -0.297. The summed E-state index contributed by atoms with van der Waals surface area (Å²) in [5.74, 6) is -0.223. The van der Waals surface area contributed by atoms with Crippen molar-refractivity contribution in [3.63, 3.8) is 0 Å². The minimum absolute atomic E-state index is 0.0701. The molecule has 6 aromatic rings. The number of hydrogen-bond donors (Lipinski definition) is 0. The van der Waals surface area contributed by atoms with Crippen LogP contribution in [0.2, 0.25) is 5.02 Å². The van der Waals surface area contributed by atoms with E-state index in [4.69, 9.17) is 11.6 Å². The largest absolute Gasteiger partial charge is 0.307 e. The monoisotopic (exact) mass is 565 g/mol.